The van der Waals surface area contributed by atoms with Gasteiger partial charge in [0.05, 0.1) is 5.69 Å². The molecule has 1 saturated heterocycles. The molecule has 2 amide bonds. The van der Waals surface area contributed by atoms with Crippen molar-refractivity contribution < 1.29 is 4.79 Å². The van der Waals surface area contributed by atoms with Crippen LogP contribution < -0.4 is 10.6 Å². The lowest BCUT2D eigenvalue weighted by Gasteiger charge is -2.34. The van der Waals surface area contributed by atoms with Gasteiger partial charge in [-0.15, -0.1) is 0 Å². The van der Waals surface area contributed by atoms with E-state index in [4.69, 9.17) is 0 Å². The number of hydrogen-bond acceptors (Lipinski definition) is 2. The Labute approximate surface area is 137 Å². The Morgan fingerprint density at radius 3 is 2.52 bits per heavy atom. The second kappa shape index (κ2) is 7.01. The summed E-state index contributed by atoms with van der Waals surface area (Å²) in [4.78, 5) is 14.8. The summed E-state index contributed by atoms with van der Waals surface area (Å²) in [5.74, 6) is 0. The Kier molecular flexibility index (Phi) is 4.82. The molecule has 4 heteroatoms. The molecule has 3 rings (SSSR count). The molecule has 0 spiro atoms. The lowest BCUT2D eigenvalue weighted by molar-refractivity contribution is 0.163. The monoisotopic (exact) mass is 311 g/mol. The third kappa shape index (κ3) is 3.82. The van der Waals surface area contributed by atoms with Gasteiger partial charge in [0.15, 0.2) is 0 Å². The van der Waals surface area contributed by atoms with E-state index in [9.17, 15) is 4.79 Å². The number of nitrogens with zero attached hydrogens (tertiary/aromatic N) is 1. The van der Waals surface area contributed by atoms with Gasteiger partial charge in [-0.25, -0.2) is 4.79 Å². The van der Waals surface area contributed by atoms with Gasteiger partial charge < -0.3 is 15.5 Å². The minimum atomic E-state index is -0.107. The number of nitrogens with one attached hydrogen (secondary N) is 2. The Morgan fingerprint density at radius 2 is 1.78 bits per heavy atom. The number of piperidine rings is 1. The number of rotatable bonds is 3. The van der Waals surface area contributed by atoms with E-state index in [0.29, 0.717) is 6.04 Å². The highest BCUT2D eigenvalue weighted by atomic mass is 16.2. The van der Waals surface area contributed by atoms with Crippen LogP contribution in [0.3, 0.4) is 0 Å². The Balaban J connectivity index is 1.59. The number of amides is 2. The van der Waals surface area contributed by atoms with E-state index < -0.39 is 0 Å². The van der Waals surface area contributed by atoms with Crippen molar-refractivity contribution in [2.45, 2.75) is 38.8 Å². The van der Waals surface area contributed by atoms with Gasteiger partial charge in [0.2, 0.25) is 0 Å². The van der Waals surface area contributed by atoms with Crippen molar-refractivity contribution >= 4 is 22.5 Å². The van der Waals surface area contributed by atoms with Crippen LogP contribution >= 0.6 is 0 Å². The lowest BCUT2D eigenvalue weighted by Crippen LogP contribution is -2.47. The third-order valence-corrected chi connectivity index (χ3v) is 4.63. The van der Waals surface area contributed by atoms with Crippen molar-refractivity contribution in [1.82, 2.24) is 10.2 Å². The second-order valence-electron chi connectivity index (χ2n) is 6.53. The molecule has 0 bridgehead atoms. The number of benzene rings is 2. The van der Waals surface area contributed by atoms with Crippen LogP contribution in [0.1, 0.15) is 26.7 Å². The average molecular weight is 311 g/mol. The smallest absolute Gasteiger partial charge is 0.319 e. The number of hydrogen-bond donors (Lipinski definition) is 2. The SMILES string of the molecule is CC(C)N1CCC(NC(=O)Nc2cccc3ccccc23)CC1. The van der Waals surface area contributed by atoms with E-state index in [1.165, 1.54) is 0 Å². The first-order valence-electron chi connectivity index (χ1n) is 8.43. The molecular weight excluding hydrogens is 286 g/mol. The summed E-state index contributed by atoms with van der Waals surface area (Å²) in [5, 5.41) is 8.32. The molecule has 0 radical (unpaired) electrons. The Hall–Kier alpha value is -2.07. The van der Waals surface area contributed by atoms with Gasteiger partial charge in [0.1, 0.15) is 0 Å². The lowest BCUT2D eigenvalue weighted by atomic mass is 10.0. The molecule has 2 aromatic carbocycles. The van der Waals surface area contributed by atoms with Gasteiger partial charge in [0.25, 0.3) is 0 Å². The molecule has 0 atom stereocenters. The van der Waals surface area contributed by atoms with Gasteiger partial charge in [-0.1, -0.05) is 36.4 Å². The minimum Gasteiger partial charge on any atom is -0.335 e. The zero-order valence-corrected chi connectivity index (χ0v) is 13.9. The van der Waals surface area contributed by atoms with Crippen molar-refractivity contribution in [1.29, 1.82) is 0 Å². The van der Waals surface area contributed by atoms with Crippen molar-refractivity contribution in [3.8, 4) is 0 Å². The topological polar surface area (TPSA) is 44.4 Å². The fraction of sp³-hybridized carbons (Fsp3) is 0.421. The number of urea groups is 1. The summed E-state index contributed by atoms with van der Waals surface area (Å²) in [5.41, 5.74) is 0.861. The van der Waals surface area contributed by atoms with Crippen LogP contribution in [0.2, 0.25) is 0 Å². The van der Waals surface area contributed by atoms with Crippen LogP contribution in [-0.4, -0.2) is 36.1 Å². The van der Waals surface area contributed by atoms with E-state index in [-0.39, 0.29) is 12.1 Å². The largest absolute Gasteiger partial charge is 0.335 e. The molecule has 0 aliphatic carbocycles. The minimum absolute atomic E-state index is 0.107. The number of anilines is 1. The molecule has 2 aromatic rings. The molecule has 1 aliphatic heterocycles. The quantitative estimate of drug-likeness (QED) is 0.904. The molecule has 1 aliphatic rings. The highest BCUT2D eigenvalue weighted by Gasteiger charge is 2.22. The fourth-order valence-corrected chi connectivity index (χ4v) is 3.24. The summed E-state index contributed by atoms with van der Waals surface area (Å²) >= 11 is 0. The fourth-order valence-electron chi connectivity index (χ4n) is 3.24. The molecule has 122 valence electrons. The van der Waals surface area contributed by atoms with E-state index in [1.54, 1.807) is 0 Å². The maximum absolute atomic E-state index is 12.3. The summed E-state index contributed by atoms with van der Waals surface area (Å²) in [7, 11) is 0. The van der Waals surface area contributed by atoms with E-state index in [1.807, 2.05) is 30.3 Å². The summed E-state index contributed by atoms with van der Waals surface area (Å²) in [6.45, 7) is 6.55. The highest BCUT2D eigenvalue weighted by Crippen LogP contribution is 2.23. The molecule has 1 heterocycles. The van der Waals surface area contributed by atoms with Crippen LogP contribution in [0.4, 0.5) is 10.5 Å². The highest BCUT2D eigenvalue weighted by molar-refractivity contribution is 6.01. The average Bonchev–Trinajstić information content (AvgIpc) is 2.55. The van der Waals surface area contributed by atoms with Crippen LogP contribution in [-0.2, 0) is 0 Å². The van der Waals surface area contributed by atoms with Gasteiger partial charge in [-0.05, 0) is 38.1 Å². The van der Waals surface area contributed by atoms with Gasteiger partial charge in [-0.2, -0.15) is 0 Å². The predicted octanol–water partition coefficient (Wildman–Crippen LogP) is 3.83. The van der Waals surface area contributed by atoms with E-state index in [0.717, 1.165) is 42.4 Å². The first kappa shape index (κ1) is 15.8. The first-order valence-corrected chi connectivity index (χ1v) is 8.43. The van der Waals surface area contributed by atoms with E-state index >= 15 is 0 Å². The molecule has 0 unspecified atom stereocenters. The summed E-state index contributed by atoms with van der Waals surface area (Å²) < 4.78 is 0. The summed E-state index contributed by atoms with van der Waals surface area (Å²) in [6, 6.07) is 14.8. The zero-order valence-electron chi connectivity index (χ0n) is 13.9. The Bertz CT molecular complexity index is 670. The van der Waals surface area contributed by atoms with Gasteiger partial charge in [0, 0.05) is 30.6 Å². The predicted molar refractivity (Wildman–Crippen MR) is 95.8 cm³/mol. The maximum Gasteiger partial charge on any atom is 0.319 e. The molecule has 0 aromatic heterocycles. The zero-order chi connectivity index (χ0) is 16.2. The van der Waals surface area contributed by atoms with Crippen LogP contribution in [0, 0.1) is 0 Å². The molecule has 1 fully saturated rings. The number of likely N-dealkylation sites (tertiary alicyclic amines) is 1. The second-order valence-corrected chi connectivity index (χ2v) is 6.53. The van der Waals surface area contributed by atoms with Crippen molar-refractivity contribution in [3.05, 3.63) is 42.5 Å². The van der Waals surface area contributed by atoms with Crippen LogP contribution in [0.5, 0.6) is 0 Å². The molecule has 0 saturated carbocycles. The number of carbonyl (C=O) groups is 1. The van der Waals surface area contributed by atoms with Crippen molar-refractivity contribution in [2.75, 3.05) is 18.4 Å². The van der Waals surface area contributed by atoms with Crippen molar-refractivity contribution in [3.63, 3.8) is 0 Å². The third-order valence-electron chi connectivity index (χ3n) is 4.63. The molecule has 2 N–H and O–H groups in total. The van der Waals surface area contributed by atoms with Crippen LogP contribution in [0.15, 0.2) is 42.5 Å². The molecular formula is C19H25N3O. The number of carbonyl (C=O) groups excluding carboxylic acids is 1. The normalized spacial score (nSPS) is 16.7. The van der Waals surface area contributed by atoms with Crippen LogP contribution in [0.25, 0.3) is 10.8 Å². The van der Waals surface area contributed by atoms with Gasteiger partial charge >= 0.3 is 6.03 Å². The number of fused-ring (bicyclic) bond motifs is 1. The summed E-state index contributed by atoms with van der Waals surface area (Å²) in [6.07, 6.45) is 2.03. The van der Waals surface area contributed by atoms with Gasteiger partial charge in [-0.3, -0.25) is 0 Å². The standard InChI is InChI=1S/C19H25N3O/c1-14(2)22-12-10-16(11-13-22)20-19(23)21-18-9-5-7-15-6-3-4-8-17(15)18/h3-9,14,16H,10-13H2,1-2H3,(H2,20,21,23). The maximum atomic E-state index is 12.3. The Morgan fingerprint density at radius 1 is 1.09 bits per heavy atom. The van der Waals surface area contributed by atoms with E-state index in [2.05, 4.69) is 41.5 Å². The molecule has 23 heavy (non-hydrogen) atoms. The molecule has 4 nitrogen and oxygen atoms in total. The first-order chi connectivity index (χ1) is 11.1. The van der Waals surface area contributed by atoms with Crippen molar-refractivity contribution in [2.24, 2.45) is 0 Å².